The SMILES string of the molecule is C/C=C(/C)COc1c(C)cccc1C. The molecule has 0 aliphatic carbocycles. The van der Waals surface area contributed by atoms with E-state index in [9.17, 15) is 0 Å². The van der Waals surface area contributed by atoms with Gasteiger partial charge in [0.2, 0.25) is 0 Å². The third-order valence-corrected chi connectivity index (χ3v) is 2.35. The predicted octanol–water partition coefficient (Wildman–Crippen LogP) is 3.65. The first kappa shape index (κ1) is 10.8. The molecule has 1 rings (SSSR count). The van der Waals surface area contributed by atoms with Gasteiger partial charge in [0.1, 0.15) is 12.4 Å². The van der Waals surface area contributed by atoms with Crippen molar-refractivity contribution in [3.05, 3.63) is 41.0 Å². The van der Waals surface area contributed by atoms with E-state index in [0.29, 0.717) is 6.61 Å². The van der Waals surface area contributed by atoms with E-state index in [0.717, 1.165) is 5.75 Å². The van der Waals surface area contributed by atoms with Gasteiger partial charge in [-0.1, -0.05) is 24.3 Å². The van der Waals surface area contributed by atoms with Crippen LogP contribution < -0.4 is 4.74 Å². The zero-order chi connectivity index (χ0) is 10.6. The predicted molar refractivity (Wildman–Crippen MR) is 60.8 cm³/mol. The average Bonchev–Trinajstić information content (AvgIpc) is 2.16. The summed E-state index contributed by atoms with van der Waals surface area (Å²) in [7, 11) is 0. The highest BCUT2D eigenvalue weighted by molar-refractivity contribution is 5.39. The van der Waals surface area contributed by atoms with Crippen molar-refractivity contribution in [3.8, 4) is 5.75 Å². The van der Waals surface area contributed by atoms with E-state index in [1.165, 1.54) is 16.7 Å². The maximum Gasteiger partial charge on any atom is 0.125 e. The van der Waals surface area contributed by atoms with Crippen molar-refractivity contribution in [1.82, 2.24) is 0 Å². The Labute approximate surface area is 86.4 Å². The summed E-state index contributed by atoms with van der Waals surface area (Å²) in [5, 5.41) is 0. The lowest BCUT2D eigenvalue weighted by molar-refractivity contribution is 0.347. The molecule has 76 valence electrons. The van der Waals surface area contributed by atoms with Crippen molar-refractivity contribution < 1.29 is 4.74 Å². The molecule has 0 N–H and O–H groups in total. The standard InChI is InChI=1S/C13H18O/c1-5-10(2)9-14-13-11(3)7-6-8-12(13)4/h5-8H,9H2,1-4H3/b10-5-. The second-order valence-electron chi connectivity index (χ2n) is 3.64. The summed E-state index contributed by atoms with van der Waals surface area (Å²) in [6, 6.07) is 6.21. The minimum absolute atomic E-state index is 0.683. The fourth-order valence-electron chi connectivity index (χ4n) is 1.30. The summed E-state index contributed by atoms with van der Waals surface area (Å²) in [4.78, 5) is 0. The Morgan fingerprint density at radius 3 is 2.36 bits per heavy atom. The maximum atomic E-state index is 5.75. The second-order valence-corrected chi connectivity index (χ2v) is 3.64. The van der Waals surface area contributed by atoms with Crippen LogP contribution in [-0.4, -0.2) is 6.61 Å². The van der Waals surface area contributed by atoms with Gasteiger partial charge in [-0.2, -0.15) is 0 Å². The van der Waals surface area contributed by atoms with E-state index in [1.807, 2.05) is 6.92 Å². The summed E-state index contributed by atoms with van der Waals surface area (Å²) < 4.78 is 5.75. The number of ether oxygens (including phenoxy) is 1. The van der Waals surface area contributed by atoms with Gasteiger partial charge in [-0.05, 0) is 44.4 Å². The van der Waals surface area contributed by atoms with Crippen LogP contribution in [0.5, 0.6) is 5.75 Å². The molecule has 0 aromatic heterocycles. The first-order valence-corrected chi connectivity index (χ1v) is 4.96. The van der Waals surface area contributed by atoms with E-state index < -0.39 is 0 Å². The molecule has 0 fully saturated rings. The van der Waals surface area contributed by atoms with E-state index in [1.54, 1.807) is 0 Å². The minimum Gasteiger partial charge on any atom is -0.489 e. The topological polar surface area (TPSA) is 9.23 Å². The van der Waals surface area contributed by atoms with Gasteiger partial charge in [0.25, 0.3) is 0 Å². The molecule has 0 aliphatic heterocycles. The Bertz CT molecular complexity index is 317. The largest absolute Gasteiger partial charge is 0.489 e. The highest BCUT2D eigenvalue weighted by Crippen LogP contribution is 2.22. The van der Waals surface area contributed by atoms with E-state index in [2.05, 4.69) is 45.0 Å². The summed E-state index contributed by atoms with van der Waals surface area (Å²) in [6.07, 6.45) is 2.08. The highest BCUT2D eigenvalue weighted by Gasteiger charge is 2.02. The zero-order valence-corrected chi connectivity index (χ0v) is 9.42. The molecule has 0 amide bonds. The molecule has 0 unspecified atom stereocenters. The molecule has 0 radical (unpaired) electrons. The summed E-state index contributed by atoms with van der Waals surface area (Å²) in [6.45, 7) is 8.94. The van der Waals surface area contributed by atoms with Crippen LogP contribution in [0.4, 0.5) is 0 Å². The quantitative estimate of drug-likeness (QED) is 0.661. The Morgan fingerprint density at radius 1 is 1.29 bits per heavy atom. The van der Waals surface area contributed by atoms with E-state index in [-0.39, 0.29) is 0 Å². The van der Waals surface area contributed by atoms with Crippen LogP contribution in [0, 0.1) is 13.8 Å². The number of aryl methyl sites for hydroxylation is 2. The molecule has 14 heavy (non-hydrogen) atoms. The molecule has 0 saturated heterocycles. The van der Waals surface area contributed by atoms with Gasteiger partial charge in [-0.3, -0.25) is 0 Å². The van der Waals surface area contributed by atoms with Crippen molar-refractivity contribution in [2.24, 2.45) is 0 Å². The Morgan fingerprint density at radius 2 is 1.86 bits per heavy atom. The molecule has 1 aromatic rings. The van der Waals surface area contributed by atoms with Crippen molar-refractivity contribution in [1.29, 1.82) is 0 Å². The smallest absolute Gasteiger partial charge is 0.125 e. The summed E-state index contributed by atoms with van der Waals surface area (Å²) >= 11 is 0. The van der Waals surface area contributed by atoms with Crippen molar-refractivity contribution in [3.63, 3.8) is 0 Å². The zero-order valence-electron chi connectivity index (χ0n) is 9.42. The fourth-order valence-corrected chi connectivity index (χ4v) is 1.30. The van der Waals surface area contributed by atoms with Crippen molar-refractivity contribution in [2.45, 2.75) is 27.7 Å². The molecule has 0 bridgehead atoms. The van der Waals surface area contributed by atoms with Crippen LogP contribution in [0.2, 0.25) is 0 Å². The Balaban J connectivity index is 2.76. The van der Waals surface area contributed by atoms with Gasteiger partial charge in [0, 0.05) is 0 Å². The minimum atomic E-state index is 0.683. The third-order valence-electron chi connectivity index (χ3n) is 2.35. The van der Waals surface area contributed by atoms with Crippen LogP contribution in [0.3, 0.4) is 0 Å². The molecular formula is C13H18O. The second kappa shape index (κ2) is 4.85. The van der Waals surface area contributed by atoms with Gasteiger partial charge < -0.3 is 4.74 Å². The molecule has 1 nitrogen and oxygen atoms in total. The van der Waals surface area contributed by atoms with Crippen molar-refractivity contribution in [2.75, 3.05) is 6.61 Å². The molecule has 0 aliphatic rings. The Kier molecular flexibility index (Phi) is 3.75. The molecule has 0 saturated carbocycles. The highest BCUT2D eigenvalue weighted by atomic mass is 16.5. The van der Waals surface area contributed by atoms with Gasteiger partial charge in [0.15, 0.2) is 0 Å². The monoisotopic (exact) mass is 190 g/mol. The molecule has 0 atom stereocenters. The average molecular weight is 190 g/mol. The lowest BCUT2D eigenvalue weighted by Crippen LogP contribution is -2.01. The first-order chi connectivity index (χ1) is 6.65. The first-order valence-electron chi connectivity index (χ1n) is 4.96. The Hall–Kier alpha value is -1.24. The van der Waals surface area contributed by atoms with E-state index >= 15 is 0 Å². The van der Waals surface area contributed by atoms with Crippen molar-refractivity contribution >= 4 is 0 Å². The number of hydrogen-bond donors (Lipinski definition) is 0. The molecule has 1 aromatic carbocycles. The van der Waals surface area contributed by atoms with Gasteiger partial charge >= 0.3 is 0 Å². The molecular weight excluding hydrogens is 172 g/mol. The van der Waals surface area contributed by atoms with Gasteiger partial charge in [-0.25, -0.2) is 0 Å². The number of rotatable bonds is 3. The maximum absolute atomic E-state index is 5.75. The summed E-state index contributed by atoms with van der Waals surface area (Å²) in [5.74, 6) is 1.02. The number of benzene rings is 1. The van der Waals surface area contributed by atoms with Crippen LogP contribution in [0.15, 0.2) is 29.8 Å². The molecule has 0 spiro atoms. The van der Waals surface area contributed by atoms with Gasteiger partial charge in [0.05, 0.1) is 0 Å². The van der Waals surface area contributed by atoms with Crippen LogP contribution in [0.1, 0.15) is 25.0 Å². The summed E-state index contributed by atoms with van der Waals surface area (Å²) in [5.41, 5.74) is 3.66. The van der Waals surface area contributed by atoms with Crippen LogP contribution >= 0.6 is 0 Å². The normalized spacial score (nSPS) is 11.6. The van der Waals surface area contributed by atoms with E-state index in [4.69, 9.17) is 4.74 Å². The van der Waals surface area contributed by atoms with Crippen LogP contribution in [0.25, 0.3) is 0 Å². The third kappa shape index (κ3) is 2.63. The van der Waals surface area contributed by atoms with Crippen LogP contribution in [-0.2, 0) is 0 Å². The molecule has 0 heterocycles. The fraction of sp³-hybridized carbons (Fsp3) is 0.385. The number of allylic oxidation sites excluding steroid dienone is 1. The van der Waals surface area contributed by atoms with Gasteiger partial charge in [-0.15, -0.1) is 0 Å². The number of hydrogen-bond acceptors (Lipinski definition) is 1. The lowest BCUT2D eigenvalue weighted by Gasteiger charge is -2.11. The number of para-hydroxylation sites is 1. The molecule has 1 heteroatoms. The lowest BCUT2D eigenvalue weighted by atomic mass is 10.1.